The van der Waals surface area contributed by atoms with Gasteiger partial charge in [0.1, 0.15) is 5.82 Å². The number of allylic oxidation sites excluding steroid dienone is 1. The average molecular weight is 144 g/mol. The summed E-state index contributed by atoms with van der Waals surface area (Å²) in [5.41, 5.74) is 10.7. The van der Waals surface area contributed by atoms with Gasteiger partial charge in [0, 0.05) is 12.8 Å². The average Bonchev–Trinajstić information content (AvgIpc) is 1.98. The highest BCUT2D eigenvalue weighted by molar-refractivity contribution is 5.74. The summed E-state index contributed by atoms with van der Waals surface area (Å²) in [6, 6.07) is 0. The number of rotatable bonds is 4. The van der Waals surface area contributed by atoms with E-state index in [0.29, 0.717) is 6.54 Å². The molecule has 0 aliphatic carbocycles. The van der Waals surface area contributed by atoms with Crippen LogP contribution in [0.25, 0.3) is 0 Å². The predicted molar refractivity (Wildman–Crippen MR) is 39.3 cm³/mol. The molecule has 7 N–H and O–H groups in total. The van der Waals surface area contributed by atoms with Gasteiger partial charge in [-0.2, -0.15) is 0 Å². The largest absolute Gasteiger partial charge is 0.395 e. The lowest BCUT2D eigenvalue weighted by molar-refractivity contribution is 0.296. The van der Waals surface area contributed by atoms with Crippen molar-refractivity contribution >= 4 is 6.21 Å². The van der Waals surface area contributed by atoms with Crippen LogP contribution in [0.15, 0.2) is 11.5 Å². The zero-order chi connectivity index (χ0) is 7.98. The Balaban J connectivity index is 3.79. The molecular weight excluding hydrogens is 132 g/mol. The first kappa shape index (κ1) is 8.77. The maximum absolute atomic E-state index is 8.33. The third-order valence-electron chi connectivity index (χ3n) is 0.894. The maximum atomic E-state index is 8.33. The predicted octanol–water partition coefficient (Wildman–Crippen LogP) is -1.70. The summed E-state index contributed by atoms with van der Waals surface area (Å²) in [6.07, 6.45) is 0.944. The fourth-order valence-corrected chi connectivity index (χ4v) is 0.370. The summed E-state index contributed by atoms with van der Waals surface area (Å²) in [6.45, 7) is 0.340. The van der Waals surface area contributed by atoms with Gasteiger partial charge in [-0.1, -0.05) is 0 Å². The minimum absolute atomic E-state index is 0.00796. The fourth-order valence-electron chi connectivity index (χ4n) is 0.370. The number of nitrogens with two attached hydrogens (primary N) is 2. The molecule has 0 atom stereocenters. The monoisotopic (exact) mass is 144 g/mol. The highest BCUT2D eigenvalue weighted by Gasteiger charge is 1.91. The minimum atomic E-state index is -0.00796. The smallest absolute Gasteiger partial charge is 0.121 e. The van der Waals surface area contributed by atoms with Crippen molar-refractivity contribution in [2.24, 2.45) is 11.5 Å². The van der Waals surface area contributed by atoms with Gasteiger partial charge in [0.2, 0.25) is 0 Å². The molecule has 0 rings (SSSR count). The van der Waals surface area contributed by atoms with E-state index in [1.54, 1.807) is 0 Å². The van der Waals surface area contributed by atoms with Gasteiger partial charge in [-0.3, -0.25) is 0 Å². The molecule has 0 saturated carbocycles. The molecule has 0 aromatic rings. The Bertz CT molecular complexity index is 143. The molecule has 0 spiro atoms. The van der Waals surface area contributed by atoms with Crippen molar-refractivity contribution in [3.63, 3.8) is 0 Å². The van der Waals surface area contributed by atoms with E-state index in [0.717, 1.165) is 6.21 Å². The van der Waals surface area contributed by atoms with Crippen LogP contribution >= 0.6 is 0 Å². The topological polar surface area (TPSA) is 108 Å². The Morgan fingerprint density at radius 2 is 2.20 bits per heavy atom. The van der Waals surface area contributed by atoms with Crippen molar-refractivity contribution in [2.45, 2.75) is 0 Å². The Morgan fingerprint density at radius 1 is 1.60 bits per heavy atom. The van der Waals surface area contributed by atoms with Crippen molar-refractivity contribution in [1.82, 2.24) is 5.32 Å². The van der Waals surface area contributed by atoms with Crippen LogP contribution in [0.5, 0.6) is 0 Å². The summed E-state index contributed by atoms with van der Waals surface area (Å²) < 4.78 is 0. The summed E-state index contributed by atoms with van der Waals surface area (Å²) in [5, 5.41) is 17.6. The van der Waals surface area contributed by atoms with Gasteiger partial charge >= 0.3 is 0 Å². The lowest BCUT2D eigenvalue weighted by Gasteiger charge is -2.04. The zero-order valence-electron chi connectivity index (χ0n) is 5.59. The molecule has 0 unspecified atom stereocenters. The van der Waals surface area contributed by atoms with E-state index in [1.807, 2.05) is 0 Å². The summed E-state index contributed by atoms with van der Waals surface area (Å²) in [7, 11) is 0. The molecule has 0 amide bonds. The lowest BCUT2D eigenvalue weighted by Crippen LogP contribution is -2.27. The van der Waals surface area contributed by atoms with Crippen LogP contribution in [0.3, 0.4) is 0 Å². The second kappa shape index (κ2) is 4.63. The molecule has 0 heterocycles. The standard InChI is InChI=1S/C5H12N4O/c6-3-4(7)5(8)9-1-2-10/h3,6,9-10H,1-2,7-8H2/b5-4+,6-3?. The normalized spacial score (nSPS) is 12.1. The van der Waals surface area contributed by atoms with E-state index in [1.165, 1.54) is 0 Å². The zero-order valence-corrected chi connectivity index (χ0v) is 5.59. The first-order valence-electron chi connectivity index (χ1n) is 2.82. The second-order valence-corrected chi connectivity index (χ2v) is 1.66. The SMILES string of the molecule is N=C/C(N)=C(/N)NCCO. The first-order valence-corrected chi connectivity index (χ1v) is 2.82. The molecule has 0 aliphatic heterocycles. The van der Waals surface area contributed by atoms with E-state index in [-0.39, 0.29) is 18.1 Å². The van der Waals surface area contributed by atoms with Crippen molar-refractivity contribution in [1.29, 1.82) is 5.41 Å². The Labute approximate surface area is 59.2 Å². The third kappa shape index (κ3) is 2.93. The highest BCUT2D eigenvalue weighted by atomic mass is 16.3. The van der Waals surface area contributed by atoms with Crippen LogP contribution in [0.1, 0.15) is 0 Å². The van der Waals surface area contributed by atoms with Crippen LogP contribution < -0.4 is 16.8 Å². The summed E-state index contributed by atoms with van der Waals surface area (Å²) in [4.78, 5) is 0. The molecule has 58 valence electrons. The summed E-state index contributed by atoms with van der Waals surface area (Å²) in [5.74, 6) is 0.226. The van der Waals surface area contributed by atoms with Crippen molar-refractivity contribution < 1.29 is 5.11 Å². The Hall–Kier alpha value is -1.23. The maximum Gasteiger partial charge on any atom is 0.121 e. The third-order valence-corrected chi connectivity index (χ3v) is 0.894. The molecule has 0 saturated heterocycles. The molecule has 10 heavy (non-hydrogen) atoms. The fraction of sp³-hybridized carbons (Fsp3) is 0.400. The highest BCUT2D eigenvalue weighted by Crippen LogP contribution is 1.79. The first-order chi connectivity index (χ1) is 4.72. The van der Waals surface area contributed by atoms with E-state index < -0.39 is 0 Å². The van der Waals surface area contributed by atoms with Gasteiger partial charge in [0.05, 0.1) is 12.3 Å². The van der Waals surface area contributed by atoms with Gasteiger partial charge in [0.15, 0.2) is 0 Å². The van der Waals surface area contributed by atoms with Gasteiger partial charge in [-0.25, -0.2) is 0 Å². The number of aliphatic hydroxyl groups excluding tert-OH is 1. The van der Waals surface area contributed by atoms with Gasteiger partial charge in [-0.15, -0.1) is 0 Å². The van der Waals surface area contributed by atoms with Crippen LogP contribution in [0.2, 0.25) is 0 Å². The van der Waals surface area contributed by atoms with Crippen LogP contribution in [-0.4, -0.2) is 24.5 Å². The molecule has 5 nitrogen and oxygen atoms in total. The minimum Gasteiger partial charge on any atom is -0.395 e. The quantitative estimate of drug-likeness (QED) is 0.303. The number of hydrogen-bond donors (Lipinski definition) is 5. The molecule has 0 aromatic heterocycles. The molecule has 5 heteroatoms. The molecule has 0 fully saturated rings. The Kier molecular flexibility index (Phi) is 4.06. The molecule has 0 aliphatic rings. The van der Waals surface area contributed by atoms with Crippen molar-refractivity contribution in [3.05, 3.63) is 11.5 Å². The molecule has 0 radical (unpaired) electrons. The van der Waals surface area contributed by atoms with E-state index >= 15 is 0 Å². The van der Waals surface area contributed by atoms with E-state index in [9.17, 15) is 0 Å². The molecule has 0 aromatic carbocycles. The molecule has 0 bridgehead atoms. The van der Waals surface area contributed by atoms with Crippen LogP contribution in [0.4, 0.5) is 0 Å². The van der Waals surface area contributed by atoms with Crippen molar-refractivity contribution in [3.8, 4) is 0 Å². The number of hydrogen-bond acceptors (Lipinski definition) is 5. The number of aliphatic hydroxyl groups is 1. The van der Waals surface area contributed by atoms with Gasteiger partial charge in [-0.05, 0) is 0 Å². The lowest BCUT2D eigenvalue weighted by atomic mass is 10.4. The van der Waals surface area contributed by atoms with Crippen LogP contribution in [0, 0.1) is 5.41 Å². The second-order valence-electron chi connectivity index (χ2n) is 1.66. The summed E-state index contributed by atoms with van der Waals surface area (Å²) >= 11 is 0. The van der Waals surface area contributed by atoms with Gasteiger partial charge in [0.25, 0.3) is 0 Å². The van der Waals surface area contributed by atoms with E-state index in [2.05, 4.69) is 5.32 Å². The van der Waals surface area contributed by atoms with Crippen LogP contribution in [-0.2, 0) is 0 Å². The molecular formula is C5H12N4O. The number of nitrogens with one attached hydrogen (secondary N) is 2. The van der Waals surface area contributed by atoms with E-state index in [4.69, 9.17) is 22.0 Å². The Morgan fingerprint density at radius 3 is 2.60 bits per heavy atom. The van der Waals surface area contributed by atoms with Crippen molar-refractivity contribution in [2.75, 3.05) is 13.2 Å². The van der Waals surface area contributed by atoms with Gasteiger partial charge < -0.3 is 27.3 Å².